The number of guanidine groups is 1. The summed E-state index contributed by atoms with van der Waals surface area (Å²) in [6.45, 7) is 9.67. The molecule has 1 aromatic rings. The van der Waals surface area contributed by atoms with Crippen molar-refractivity contribution in [3.05, 3.63) is 35.6 Å². The Kier molecular flexibility index (Phi) is 6.35. The first-order chi connectivity index (χ1) is 12.5. The fourth-order valence-electron chi connectivity index (χ4n) is 4.93. The van der Waals surface area contributed by atoms with Gasteiger partial charge in [0.2, 0.25) is 0 Å². The predicted molar refractivity (Wildman–Crippen MR) is 117 cm³/mol. The van der Waals surface area contributed by atoms with E-state index in [1.54, 1.807) is 6.07 Å². The molecule has 27 heavy (non-hydrogen) atoms. The van der Waals surface area contributed by atoms with Crippen molar-refractivity contribution in [2.24, 2.45) is 16.8 Å². The van der Waals surface area contributed by atoms with Crippen LogP contribution in [0.15, 0.2) is 29.3 Å². The van der Waals surface area contributed by atoms with E-state index in [4.69, 9.17) is 9.73 Å². The van der Waals surface area contributed by atoms with E-state index >= 15 is 0 Å². The van der Waals surface area contributed by atoms with Crippen molar-refractivity contribution < 1.29 is 9.13 Å². The van der Waals surface area contributed by atoms with Crippen molar-refractivity contribution in [1.29, 1.82) is 0 Å². The van der Waals surface area contributed by atoms with E-state index in [2.05, 4.69) is 31.0 Å². The van der Waals surface area contributed by atoms with E-state index in [1.807, 2.05) is 12.1 Å². The quantitative estimate of drug-likeness (QED) is 0.399. The van der Waals surface area contributed by atoms with Gasteiger partial charge in [-0.1, -0.05) is 32.0 Å². The maximum Gasteiger partial charge on any atom is 0.193 e. The Morgan fingerprint density at radius 1 is 1.22 bits per heavy atom. The normalized spacial score (nSPS) is 29.6. The number of hydrogen-bond donors (Lipinski definition) is 1. The molecule has 150 valence electrons. The number of likely N-dealkylation sites (tertiary alicyclic amines) is 1. The van der Waals surface area contributed by atoms with Crippen LogP contribution >= 0.6 is 24.0 Å². The fourth-order valence-corrected chi connectivity index (χ4v) is 4.93. The van der Waals surface area contributed by atoms with Crippen LogP contribution in [0.25, 0.3) is 0 Å². The monoisotopic (exact) mass is 487 g/mol. The molecule has 3 aliphatic heterocycles. The third kappa shape index (κ3) is 3.97. The molecule has 0 aromatic heterocycles. The molecule has 1 aromatic carbocycles. The molecule has 3 heterocycles. The van der Waals surface area contributed by atoms with Crippen molar-refractivity contribution in [3.63, 3.8) is 0 Å². The largest absolute Gasteiger partial charge is 0.374 e. The first-order valence-corrected chi connectivity index (χ1v) is 9.93. The van der Waals surface area contributed by atoms with Crippen LogP contribution in [-0.2, 0) is 10.2 Å². The Hall–Kier alpha value is -0.890. The smallest absolute Gasteiger partial charge is 0.193 e. The highest BCUT2D eigenvalue weighted by atomic mass is 127. The molecule has 0 saturated carbocycles. The zero-order valence-electron chi connectivity index (χ0n) is 16.5. The second kappa shape index (κ2) is 8.23. The van der Waals surface area contributed by atoms with E-state index in [9.17, 15) is 4.39 Å². The molecular formula is C21H31FIN3O. The number of benzene rings is 1. The minimum atomic E-state index is -0.344. The van der Waals surface area contributed by atoms with Crippen LogP contribution in [-0.4, -0.2) is 49.2 Å². The minimum Gasteiger partial charge on any atom is -0.374 e. The number of nitrogens with zero attached hydrogens (tertiary/aromatic N) is 2. The van der Waals surface area contributed by atoms with Gasteiger partial charge in [0.15, 0.2) is 5.96 Å². The number of nitrogens with one attached hydrogen (secondary N) is 1. The highest BCUT2D eigenvalue weighted by Gasteiger charge is 2.53. The van der Waals surface area contributed by atoms with Crippen LogP contribution in [0, 0.1) is 17.7 Å². The van der Waals surface area contributed by atoms with Gasteiger partial charge in [0.25, 0.3) is 0 Å². The SMILES string of the molecule is CCNC(=NCC(C)(C)c1ccccc1F)N1CC2C3CCC(O3)C2C1.I. The van der Waals surface area contributed by atoms with Crippen molar-refractivity contribution >= 4 is 29.9 Å². The van der Waals surface area contributed by atoms with Gasteiger partial charge >= 0.3 is 0 Å². The second-order valence-electron chi connectivity index (χ2n) is 8.56. The molecule has 1 N–H and O–H groups in total. The van der Waals surface area contributed by atoms with Crippen LogP contribution in [0.3, 0.4) is 0 Å². The van der Waals surface area contributed by atoms with E-state index < -0.39 is 0 Å². The van der Waals surface area contributed by atoms with Crippen LogP contribution in [0.1, 0.15) is 39.2 Å². The van der Waals surface area contributed by atoms with Gasteiger partial charge in [-0.3, -0.25) is 4.99 Å². The van der Waals surface area contributed by atoms with Gasteiger partial charge < -0.3 is 15.0 Å². The van der Waals surface area contributed by atoms with Gasteiger partial charge in [-0.15, -0.1) is 24.0 Å². The van der Waals surface area contributed by atoms with Gasteiger partial charge in [-0.25, -0.2) is 4.39 Å². The molecule has 4 unspecified atom stereocenters. The molecule has 4 atom stereocenters. The molecule has 3 saturated heterocycles. The zero-order chi connectivity index (χ0) is 18.3. The number of fused-ring (bicyclic) bond motifs is 5. The summed E-state index contributed by atoms with van der Waals surface area (Å²) in [6.07, 6.45) is 3.34. The van der Waals surface area contributed by atoms with Crippen molar-refractivity contribution in [2.75, 3.05) is 26.2 Å². The molecule has 0 spiro atoms. The van der Waals surface area contributed by atoms with E-state index in [0.717, 1.165) is 31.2 Å². The minimum absolute atomic E-state index is 0. The Bertz CT molecular complexity index is 678. The lowest BCUT2D eigenvalue weighted by Gasteiger charge is -2.27. The topological polar surface area (TPSA) is 36.9 Å². The standard InChI is InChI=1S/C21H30FN3O.HI/c1-4-23-20(24-13-21(2,3)16-7-5-6-8-17(16)22)25-11-14-15(12-25)19-10-9-18(14)26-19;/h5-8,14-15,18-19H,4,9-13H2,1-3H3,(H,23,24);1H. The van der Waals surface area contributed by atoms with Gasteiger partial charge in [0.05, 0.1) is 18.8 Å². The molecule has 3 fully saturated rings. The predicted octanol–water partition coefficient (Wildman–Crippen LogP) is 3.80. The van der Waals surface area contributed by atoms with Crippen molar-refractivity contribution in [1.82, 2.24) is 10.2 Å². The third-order valence-electron chi connectivity index (χ3n) is 6.31. The highest BCUT2D eigenvalue weighted by molar-refractivity contribution is 14.0. The summed E-state index contributed by atoms with van der Waals surface area (Å²) in [5.74, 6) is 2.11. The van der Waals surface area contributed by atoms with E-state index in [0.29, 0.717) is 30.6 Å². The molecule has 2 bridgehead atoms. The molecule has 0 radical (unpaired) electrons. The highest BCUT2D eigenvalue weighted by Crippen LogP contribution is 2.47. The summed E-state index contributed by atoms with van der Waals surface area (Å²) >= 11 is 0. The lowest BCUT2D eigenvalue weighted by atomic mass is 9.82. The van der Waals surface area contributed by atoms with Crippen LogP contribution in [0.4, 0.5) is 4.39 Å². The Labute approximate surface area is 179 Å². The number of rotatable bonds is 4. The maximum atomic E-state index is 14.2. The summed E-state index contributed by atoms with van der Waals surface area (Å²) < 4.78 is 20.3. The molecule has 6 heteroatoms. The summed E-state index contributed by atoms with van der Waals surface area (Å²) in [6, 6.07) is 7.03. The average molecular weight is 487 g/mol. The summed E-state index contributed by atoms with van der Waals surface area (Å²) in [4.78, 5) is 7.30. The fraction of sp³-hybridized carbons (Fsp3) is 0.667. The number of halogens is 2. The zero-order valence-corrected chi connectivity index (χ0v) is 18.8. The lowest BCUT2D eigenvalue weighted by Crippen LogP contribution is -2.42. The molecule has 4 nitrogen and oxygen atoms in total. The third-order valence-corrected chi connectivity index (χ3v) is 6.31. The van der Waals surface area contributed by atoms with E-state index in [-0.39, 0.29) is 35.2 Å². The van der Waals surface area contributed by atoms with Gasteiger partial charge in [-0.2, -0.15) is 0 Å². The van der Waals surface area contributed by atoms with Crippen LogP contribution < -0.4 is 5.32 Å². The molecular weight excluding hydrogens is 456 g/mol. The first kappa shape index (κ1) is 20.8. The average Bonchev–Trinajstić information content (AvgIpc) is 3.31. The second-order valence-corrected chi connectivity index (χ2v) is 8.56. The van der Waals surface area contributed by atoms with Gasteiger partial charge in [0.1, 0.15) is 5.82 Å². The Morgan fingerprint density at radius 2 is 1.85 bits per heavy atom. The van der Waals surface area contributed by atoms with Gasteiger partial charge in [0, 0.05) is 36.9 Å². The van der Waals surface area contributed by atoms with E-state index in [1.165, 1.54) is 18.9 Å². The Morgan fingerprint density at radius 3 is 2.44 bits per heavy atom. The lowest BCUT2D eigenvalue weighted by molar-refractivity contribution is 0.0767. The number of aliphatic imine (C=N–C) groups is 1. The molecule has 0 amide bonds. The van der Waals surface area contributed by atoms with Crippen molar-refractivity contribution in [3.8, 4) is 0 Å². The number of ether oxygens (including phenoxy) is 1. The summed E-state index contributed by atoms with van der Waals surface area (Å²) in [7, 11) is 0. The Balaban J connectivity index is 0.00000210. The molecule has 0 aliphatic carbocycles. The van der Waals surface area contributed by atoms with Crippen LogP contribution in [0.5, 0.6) is 0 Å². The molecule has 3 aliphatic rings. The van der Waals surface area contributed by atoms with Crippen LogP contribution in [0.2, 0.25) is 0 Å². The van der Waals surface area contributed by atoms with Crippen molar-refractivity contribution in [2.45, 2.75) is 51.2 Å². The molecule has 4 rings (SSSR count). The van der Waals surface area contributed by atoms with Gasteiger partial charge in [-0.05, 0) is 31.4 Å². The first-order valence-electron chi connectivity index (χ1n) is 9.93. The summed E-state index contributed by atoms with van der Waals surface area (Å²) in [5.41, 5.74) is 0.383. The number of hydrogen-bond acceptors (Lipinski definition) is 2. The maximum absolute atomic E-state index is 14.2. The summed E-state index contributed by atoms with van der Waals surface area (Å²) in [5, 5.41) is 3.44.